The van der Waals surface area contributed by atoms with Gasteiger partial charge in [0.25, 0.3) is 0 Å². The SMILES string of the molecule is Cc1ccc([C@@](O)(CC(=O)NC[C@]2(C)CCCO2)C(F)(F)F)o1. The predicted octanol–water partition coefficient (Wildman–Crippen LogP) is 2.41. The van der Waals surface area contributed by atoms with E-state index in [4.69, 9.17) is 9.15 Å². The fraction of sp³-hybridized carbons (Fsp3) is 0.667. The Labute approximate surface area is 131 Å². The van der Waals surface area contributed by atoms with Gasteiger partial charge in [-0.15, -0.1) is 0 Å². The Hall–Kier alpha value is -1.54. The molecule has 0 radical (unpaired) electrons. The summed E-state index contributed by atoms with van der Waals surface area (Å²) in [6.45, 7) is 3.90. The van der Waals surface area contributed by atoms with E-state index in [1.54, 1.807) is 6.92 Å². The number of amides is 1. The van der Waals surface area contributed by atoms with Gasteiger partial charge in [-0.05, 0) is 38.8 Å². The summed E-state index contributed by atoms with van der Waals surface area (Å²) in [5.41, 5.74) is -3.93. The summed E-state index contributed by atoms with van der Waals surface area (Å²) in [4.78, 5) is 11.9. The molecule has 8 heteroatoms. The Morgan fingerprint density at radius 3 is 2.61 bits per heavy atom. The summed E-state index contributed by atoms with van der Waals surface area (Å²) in [5, 5.41) is 12.5. The van der Waals surface area contributed by atoms with Crippen molar-refractivity contribution in [3.05, 3.63) is 23.7 Å². The van der Waals surface area contributed by atoms with E-state index in [2.05, 4.69) is 5.32 Å². The van der Waals surface area contributed by atoms with Crippen LogP contribution in [0.5, 0.6) is 0 Å². The molecule has 2 N–H and O–H groups in total. The van der Waals surface area contributed by atoms with Crippen LogP contribution in [0.4, 0.5) is 13.2 Å². The minimum Gasteiger partial charge on any atom is -0.463 e. The predicted molar refractivity (Wildman–Crippen MR) is 74.6 cm³/mol. The third-order valence-corrected chi connectivity index (χ3v) is 3.99. The summed E-state index contributed by atoms with van der Waals surface area (Å²) in [6, 6.07) is 2.33. The van der Waals surface area contributed by atoms with Crippen molar-refractivity contribution in [3.63, 3.8) is 0 Å². The van der Waals surface area contributed by atoms with E-state index in [1.165, 1.54) is 13.0 Å². The van der Waals surface area contributed by atoms with E-state index in [-0.39, 0.29) is 12.3 Å². The molecule has 1 aliphatic heterocycles. The third kappa shape index (κ3) is 3.87. The Balaban J connectivity index is 2.07. The number of carbonyl (C=O) groups is 1. The number of carbonyl (C=O) groups excluding carboxylic acids is 1. The summed E-state index contributed by atoms with van der Waals surface area (Å²) < 4.78 is 50.1. The number of ether oxygens (including phenoxy) is 1. The largest absolute Gasteiger partial charge is 0.463 e. The van der Waals surface area contributed by atoms with Crippen LogP contribution in [-0.4, -0.2) is 35.9 Å². The minimum atomic E-state index is -5.04. The molecule has 0 spiro atoms. The molecule has 0 aliphatic carbocycles. The molecule has 0 unspecified atom stereocenters. The fourth-order valence-electron chi connectivity index (χ4n) is 2.54. The number of aliphatic hydroxyl groups is 1. The molecule has 1 fully saturated rings. The van der Waals surface area contributed by atoms with Gasteiger partial charge in [-0.2, -0.15) is 13.2 Å². The van der Waals surface area contributed by atoms with Gasteiger partial charge >= 0.3 is 6.18 Å². The number of aryl methyl sites for hydroxylation is 1. The normalized spacial score (nSPS) is 24.4. The molecule has 1 amide bonds. The highest BCUT2D eigenvalue weighted by Gasteiger charge is 2.58. The van der Waals surface area contributed by atoms with Crippen LogP contribution in [-0.2, 0) is 15.1 Å². The number of rotatable bonds is 5. The lowest BCUT2D eigenvalue weighted by molar-refractivity contribution is -0.273. The minimum absolute atomic E-state index is 0.0942. The highest BCUT2D eigenvalue weighted by Crippen LogP contribution is 2.42. The number of hydrogen-bond acceptors (Lipinski definition) is 4. The molecular weight excluding hydrogens is 315 g/mol. The first kappa shape index (κ1) is 17.8. The quantitative estimate of drug-likeness (QED) is 0.867. The number of furan rings is 1. The average Bonchev–Trinajstić information content (AvgIpc) is 3.05. The van der Waals surface area contributed by atoms with Crippen LogP contribution in [0.25, 0.3) is 0 Å². The van der Waals surface area contributed by atoms with Gasteiger partial charge in [0.05, 0.1) is 12.0 Å². The van der Waals surface area contributed by atoms with Gasteiger partial charge in [0.1, 0.15) is 11.5 Å². The zero-order valence-electron chi connectivity index (χ0n) is 13.0. The molecule has 0 bridgehead atoms. The van der Waals surface area contributed by atoms with Crippen LogP contribution < -0.4 is 5.32 Å². The van der Waals surface area contributed by atoms with Crippen molar-refractivity contribution in [2.75, 3.05) is 13.2 Å². The first-order valence-electron chi connectivity index (χ1n) is 7.32. The number of nitrogens with one attached hydrogen (secondary N) is 1. The van der Waals surface area contributed by atoms with Crippen molar-refractivity contribution >= 4 is 5.91 Å². The molecule has 1 saturated heterocycles. The van der Waals surface area contributed by atoms with Crippen molar-refractivity contribution in [2.45, 2.75) is 50.5 Å². The van der Waals surface area contributed by atoms with Gasteiger partial charge in [-0.3, -0.25) is 4.79 Å². The molecule has 5 nitrogen and oxygen atoms in total. The first-order chi connectivity index (χ1) is 10.6. The van der Waals surface area contributed by atoms with Crippen molar-refractivity contribution in [1.29, 1.82) is 0 Å². The van der Waals surface area contributed by atoms with E-state index in [0.29, 0.717) is 13.0 Å². The van der Waals surface area contributed by atoms with E-state index in [0.717, 1.165) is 12.5 Å². The zero-order chi connectivity index (χ0) is 17.3. The molecule has 2 atom stereocenters. The van der Waals surface area contributed by atoms with Gasteiger partial charge in [0.2, 0.25) is 11.5 Å². The topological polar surface area (TPSA) is 71.7 Å². The third-order valence-electron chi connectivity index (χ3n) is 3.99. The van der Waals surface area contributed by atoms with E-state index >= 15 is 0 Å². The van der Waals surface area contributed by atoms with Crippen LogP contribution in [0.3, 0.4) is 0 Å². The first-order valence-corrected chi connectivity index (χ1v) is 7.32. The lowest BCUT2D eigenvalue weighted by atomic mass is 9.95. The molecule has 2 rings (SSSR count). The molecule has 2 heterocycles. The zero-order valence-corrected chi connectivity index (χ0v) is 13.0. The van der Waals surface area contributed by atoms with E-state index < -0.39 is 35.5 Å². The monoisotopic (exact) mass is 335 g/mol. The maximum absolute atomic E-state index is 13.3. The molecular formula is C15H20F3NO4. The second-order valence-corrected chi connectivity index (χ2v) is 6.12. The van der Waals surface area contributed by atoms with Crippen LogP contribution in [0.2, 0.25) is 0 Å². The number of hydrogen-bond donors (Lipinski definition) is 2. The summed E-state index contributed by atoms with van der Waals surface area (Å²) in [6.07, 6.45) is -4.65. The van der Waals surface area contributed by atoms with Crippen molar-refractivity contribution in [2.24, 2.45) is 0 Å². The standard InChI is InChI=1S/C15H20F3NO4/c1-10-4-5-11(23-10)14(21,15(16,17)18)8-12(20)19-9-13(2)6-3-7-22-13/h4-5,21H,3,6-9H2,1-2H3,(H,19,20)/t13-,14-/m0/s1. The second-order valence-electron chi connectivity index (χ2n) is 6.12. The maximum atomic E-state index is 13.3. The van der Waals surface area contributed by atoms with Crippen LogP contribution in [0.1, 0.15) is 37.7 Å². The second kappa shape index (κ2) is 6.16. The van der Waals surface area contributed by atoms with E-state index in [1.807, 2.05) is 0 Å². The summed E-state index contributed by atoms with van der Waals surface area (Å²) in [5.74, 6) is -1.40. The van der Waals surface area contributed by atoms with Gasteiger partial charge in [0.15, 0.2) is 0 Å². The Kier molecular flexibility index (Phi) is 4.77. The Morgan fingerprint density at radius 2 is 2.13 bits per heavy atom. The maximum Gasteiger partial charge on any atom is 0.425 e. The lowest BCUT2D eigenvalue weighted by Crippen LogP contribution is -2.48. The molecule has 130 valence electrons. The van der Waals surface area contributed by atoms with E-state index in [9.17, 15) is 23.1 Å². The van der Waals surface area contributed by atoms with Crippen molar-refractivity contribution < 1.29 is 32.2 Å². The molecule has 1 aromatic heterocycles. The molecule has 1 aliphatic rings. The summed E-state index contributed by atoms with van der Waals surface area (Å²) >= 11 is 0. The van der Waals surface area contributed by atoms with Gasteiger partial charge < -0.3 is 19.6 Å². The lowest BCUT2D eigenvalue weighted by Gasteiger charge is -2.29. The van der Waals surface area contributed by atoms with Crippen LogP contribution >= 0.6 is 0 Å². The number of halogens is 3. The fourth-order valence-corrected chi connectivity index (χ4v) is 2.54. The smallest absolute Gasteiger partial charge is 0.425 e. The van der Waals surface area contributed by atoms with Gasteiger partial charge in [-0.25, -0.2) is 0 Å². The van der Waals surface area contributed by atoms with Crippen LogP contribution in [0.15, 0.2) is 16.5 Å². The Bertz CT molecular complexity index is 563. The Morgan fingerprint density at radius 1 is 1.43 bits per heavy atom. The van der Waals surface area contributed by atoms with Crippen LogP contribution in [0, 0.1) is 6.92 Å². The highest BCUT2D eigenvalue weighted by atomic mass is 19.4. The molecule has 23 heavy (non-hydrogen) atoms. The van der Waals surface area contributed by atoms with Gasteiger partial charge in [0, 0.05) is 13.2 Å². The van der Waals surface area contributed by atoms with Crippen molar-refractivity contribution in [1.82, 2.24) is 5.32 Å². The van der Waals surface area contributed by atoms with Gasteiger partial charge in [-0.1, -0.05) is 0 Å². The average molecular weight is 335 g/mol. The number of alkyl halides is 3. The summed E-state index contributed by atoms with van der Waals surface area (Å²) in [7, 11) is 0. The highest BCUT2D eigenvalue weighted by molar-refractivity contribution is 5.77. The van der Waals surface area contributed by atoms with Crippen molar-refractivity contribution in [3.8, 4) is 0 Å². The molecule has 0 aromatic carbocycles. The molecule has 0 saturated carbocycles. The molecule has 1 aromatic rings.